The largest absolute Gasteiger partial charge is 0.497 e. The maximum absolute atomic E-state index is 5.25. The predicted octanol–water partition coefficient (Wildman–Crippen LogP) is 2.91. The highest BCUT2D eigenvalue weighted by Gasteiger charge is 2.01. The van der Waals surface area contributed by atoms with Gasteiger partial charge in [-0.1, -0.05) is 26.0 Å². The van der Waals surface area contributed by atoms with Crippen molar-refractivity contribution in [2.45, 2.75) is 39.3 Å². The molecule has 0 saturated carbocycles. The van der Waals surface area contributed by atoms with E-state index < -0.39 is 0 Å². The Labute approximate surface area is 118 Å². The first-order valence-corrected chi connectivity index (χ1v) is 7.16. The van der Waals surface area contributed by atoms with Crippen LogP contribution in [0.15, 0.2) is 24.3 Å². The van der Waals surface area contributed by atoms with E-state index in [1.165, 1.54) is 18.4 Å². The van der Waals surface area contributed by atoms with E-state index in [0.29, 0.717) is 6.04 Å². The van der Waals surface area contributed by atoms with Gasteiger partial charge in [-0.2, -0.15) is 0 Å². The number of hydrogen-bond acceptors (Lipinski definition) is 3. The summed E-state index contributed by atoms with van der Waals surface area (Å²) in [5, 5.41) is 3.45. The molecule has 0 amide bonds. The third-order valence-electron chi connectivity index (χ3n) is 3.11. The molecule has 1 aromatic carbocycles. The summed E-state index contributed by atoms with van der Waals surface area (Å²) in [4.78, 5) is 2.37. The van der Waals surface area contributed by atoms with Crippen LogP contribution >= 0.6 is 0 Å². The maximum atomic E-state index is 5.25. The molecule has 0 radical (unpaired) electrons. The lowest BCUT2D eigenvalue weighted by molar-refractivity contribution is 0.316. The van der Waals surface area contributed by atoms with E-state index in [0.717, 1.165) is 25.4 Å². The molecule has 108 valence electrons. The van der Waals surface area contributed by atoms with Crippen molar-refractivity contribution < 1.29 is 4.74 Å². The van der Waals surface area contributed by atoms with Crippen molar-refractivity contribution in [3.8, 4) is 5.75 Å². The Hall–Kier alpha value is -1.06. The summed E-state index contributed by atoms with van der Waals surface area (Å²) in [6.45, 7) is 7.61. The van der Waals surface area contributed by atoms with Crippen molar-refractivity contribution in [2.75, 3.05) is 27.2 Å². The van der Waals surface area contributed by atoms with Crippen LogP contribution < -0.4 is 10.1 Å². The number of methoxy groups -OCH3 is 1. The van der Waals surface area contributed by atoms with Gasteiger partial charge in [-0.15, -0.1) is 0 Å². The second-order valence-corrected chi connectivity index (χ2v) is 5.41. The van der Waals surface area contributed by atoms with E-state index in [1.807, 2.05) is 6.07 Å². The Balaban J connectivity index is 2.21. The predicted molar refractivity (Wildman–Crippen MR) is 81.7 cm³/mol. The lowest BCUT2D eigenvalue weighted by Gasteiger charge is -2.17. The second kappa shape index (κ2) is 8.94. The molecule has 3 heteroatoms. The molecule has 1 rings (SSSR count). The van der Waals surface area contributed by atoms with Crippen molar-refractivity contribution in [3.05, 3.63) is 29.8 Å². The van der Waals surface area contributed by atoms with Crippen molar-refractivity contribution in [2.24, 2.45) is 0 Å². The molecular formula is C16H28N2O. The number of benzene rings is 1. The van der Waals surface area contributed by atoms with Gasteiger partial charge >= 0.3 is 0 Å². The summed E-state index contributed by atoms with van der Waals surface area (Å²) in [6, 6.07) is 8.89. The summed E-state index contributed by atoms with van der Waals surface area (Å²) >= 11 is 0. The van der Waals surface area contributed by atoms with E-state index in [1.54, 1.807) is 7.11 Å². The fourth-order valence-electron chi connectivity index (χ4n) is 2.06. The number of rotatable bonds is 9. The van der Waals surface area contributed by atoms with Crippen LogP contribution in [0.3, 0.4) is 0 Å². The fraction of sp³-hybridized carbons (Fsp3) is 0.625. The maximum Gasteiger partial charge on any atom is 0.119 e. The average Bonchev–Trinajstić information content (AvgIpc) is 2.38. The normalized spacial score (nSPS) is 11.3. The van der Waals surface area contributed by atoms with Crippen molar-refractivity contribution in [1.82, 2.24) is 10.2 Å². The minimum atomic E-state index is 0.592. The minimum absolute atomic E-state index is 0.592. The van der Waals surface area contributed by atoms with Crippen molar-refractivity contribution in [3.63, 3.8) is 0 Å². The van der Waals surface area contributed by atoms with Gasteiger partial charge in [-0.3, -0.25) is 0 Å². The van der Waals surface area contributed by atoms with Gasteiger partial charge in [0.1, 0.15) is 5.75 Å². The first kappa shape index (κ1) is 16.0. The molecule has 0 bridgehead atoms. The van der Waals surface area contributed by atoms with Crippen molar-refractivity contribution >= 4 is 0 Å². The van der Waals surface area contributed by atoms with Gasteiger partial charge in [0.25, 0.3) is 0 Å². The van der Waals surface area contributed by atoms with Crippen LogP contribution in [-0.4, -0.2) is 38.2 Å². The Morgan fingerprint density at radius 3 is 2.74 bits per heavy atom. The highest BCUT2D eigenvalue weighted by molar-refractivity contribution is 5.28. The van der Waals surface area contributed by atoms with Crippen LogP contribution in [0.2, 0.25) is 0 Å². The summed E-state index contributed by atoms with van der Waals surface area (Å²) in [5.41, 5.74) is 1.31. The first-order chi connectivity index (χ1) is 9.11. The van der Waals surface area contributed by atoms with E-state index in [-0.39, 0.29) is 0 Å². The standard InChI is InChI=1S/C16H28N2O/c1-14(2)17-10-5-6-11-18(3)13-15-8-7-9-16(12-15)19-4/h7-9,12,14,17H,5-6,10-11,13H2,1-4H3. The van der Waals surface area contributed by atoms with Crippen LogP contribution in [0.5, 0.6) is 5.75 Å². The van der Waals surface area contributed by atoms with Crippen molar-refractivity contribution in [1.29, 1.82) is 0 Å². The minimum Gasteiger partial charge on any atom is -0.497 e. The summed E-state index contributed by atoms with van der Waals surface area (Å²) < 4.78 is 5.25. The SMILES string of the molecule is COc1cccc(CN(C)CCCCNC(C)C)c1. The van der Waals surface area contributed by atoms with Gasteiger partial charge in [0.2, 0.25) is 0 Å². The van der Waals surface area contributed by atoms with Crippen LogP contribution in [0.1, 0.15) is 32.3 Å². The molecule has 19 heavy (non-hydrogen) atoms. The lowest BCUT2D eigenvalue weighted by Crippen LogP contribution is -2.25. The van der Waals surface area contributed by atoms with Crippen LogP contribution in [0.4, 0.5) is 0 Å². The Morgan fingerprint density at radius 1 is 1.26 bits per heavy atom. The fourth-order valence-corrected chi connectivity index (χ4v) is 2.06. The van der Waals surface area contributed by atoms with Crippen LogP contribution in [0.25, 0.3) is 0 Å². The summed E-state index contributed by atoms with van der Waals surface area (Å²) in [6.07, 6.45) is 2.47. The lowest BCUT2D eigenvalue weighted by atomic mass is 10.2. The summed E-state index contributed by atoms with van der Waals surface area (Å²) in [7, 11) is 3.89. The smallest absolute Gasteiger partial charge is 0.119 e. The van der Waals surface area contributed by atoms with E-state index in [2.05, 4.69) is 49.3 Å². The van der Waals surface area contributed by atoms with Gasteiger partial charge in [-0.25, -0.2) is 0 Å². The van der Waals surface area contributed by atoms with Gasteiger partial charge in [0.15, 0.2) is 0 Å². The molecule has 0 saturated heterocycles. The molecule has 0 aliphatic heterocycles. The number of nitrogens with zero attached hydrogens (tertiary/aromatic N) is 1. The molecular weight excluding hydrogens is 236 g/mol. The Bertz CT molecular complexity index is 352. The zero-order valence-electron chi connectivity index (χ0n) is 12.8. The number of ether oxygens (including phenoxy) is 1. The average molecular weight is 264 g/mol. The molecule has 3 nitrogen and oxygen atoms in total. The molecule has 1 N–H and O–H groups in total. The zero-order chi connectivity index (χ0) is 14.1. The third kappa shape index (κ3) is 7.19. The van der Waals surface area contributed by atoms with E-state index in [9.17, 15) is 0 Å². The first-order valence-electron chi connectivity index (χ1n) is 7.16. The Morgan fingerprint density at radius 2 is 2.05 bits per heavy atom. The highest BCUT2D eigenvalue weighted by Crippen LogP contribution is 2.13. The van der Waals surface area contributed by atoms with Gasteiger partial charge in [0, 0.05) is 12.6 Å². The monoisotopic (exact) mass is 264 g/mol. The summed E-state index contributed by atoms with van der Waals surface area (Å²) in [5.74, 6) is 0.937. The molecule has 0 spiro atoms. The molecule has 0 unspecified atom stereocenters. The molecule has 0 fully saturated rings. The Kier molecular flexibility index (Phi) is 7.53. The van der Waals surface area contributed by atoms with Gasteiger partial charge in [0.05, 0.1) is 7.11 Å². The molecule has 1 aromatic rings. The van der Waals surface area contributed by atoms with Gasteiger partial charge in [-0.05, 0) is 50.7 Å². The van der Waals surface area contributed by atoms with Crippen LogP contribution in [0, 0.1) is 0 Å². The topological polar surface area (TPSA) is 24.5 Å². The molecule has 0 aliphatic rings. The number of nitrogens with one attached hydrogen (secondary N) is 1. The molecule has 0 aliphatic carbocycles. The highest BCUT2D eigenvalue weighted by atomic mass is 16.5. The third-order valence-corrected chi connectivity index (χ3v) is 3.11. The molecule has 0 aromatic heterocycles. The number of hydrogen-bond donors (Lipinski definition) is 1. The van der Waals surface area contributed by atoms with Crippen LogP contribution in [-0.2, 0) is 6.54 Å². The van der Waals surface area contributed by atoms with E-state index >= 15 is 0 Å². The number of unbranched alkanes of at least 4 members (excludes halogenated alkanes) is 1. The molecule has 0 atom stereocenters. The van der Waals surface area contributed by atoms with E-state index in [4.69, 9.17) is 4.74 Å². The second-order valence-electron chi connectivity index (χ2n) is 5.41. The molecule has 0 heterocycles. The van der Waals surface area contributed by atoms with Gasteiger partial charge < -0.3 is 15.0 Å². The quantitative estimate of drug-likeness (QED) is 0.694. The zero-order valence-corrected chi connectivity index (χ0v) is 12.8.